The number of hydrogen-bond donors (Lipinski definition) is 1. The Bertz CT molecular complexity index is 1000. The predicted octanol–water partition coefficient (Wildman–Crippen LogP) is 3.67. The van der Waals surface area contributed by atoms with Crippen molar-refractivity contribution in [3.8, 4) is 17.0 Å². The molecule has 0 spiro atoms. The van der Waals surface area contributed by atoms with Crippen molar-refractivity contribution in [3.63, 3.8) is 0 Å². The number of nitrogens with zero attached hydrogens (tertiary/aromatic N) is 4. The highest BCUT2D eigenvalue weighted by atomic mass is 19.3. The number of ether oxygens (including phenoxy) is 2. The van der Waals surface area contributed by atoms with Crippen molar-refractivity contribution in [3.05, 3.63) is 24.0 Å². The van der Waals surface area contributed by atoms with E-state index in [1.807, 2.05) is 0 Å². The molecule has 7 nitrogen and oxygen atoms in total. The van der Waals surface area contributed by atoms with E-state index in [-0.39, 0.29) is 17.6 Å². The first-order valence-corrected chi connectivity index (χ1v) is 11.6. The van der Waals surface area contributed by atoms with Gasteiger partial charge in [0.1, 0.15) is 0 Å². The minimum Gasteiger partial charge on any atom is -0.431 e. The van der Waals surface area contributed by atoms with E-state index in [9.17, 15) is 8.78 Å². The maximum absolute atomic E-state index is 12.7. The van der Waals surface area contributed by atoms with Gasteiger partial charge < -0.3 is 15.2 Å². The van der Waals surface area contributed by atoms with E-state index < -0.39 is 6.61 Å². The SMILES string of the molecule is CC(C)n1nc(-c2cnc(N)c(OC(F)F)c2)cc1[C@H]1[C@@H]2C[C@@H](N3CC4CC(C3)O4)C[C@@H]21. The molecule has 6 atom stereocenters. The maximum Gasteiger partial charge on any atom is 0.387 e. The van der Waals surface area contributed by atoms with Crippen LogP contribution in [-0.2, 0) is 4.74 Å². The van der Waals surface area contributed by atoms with Gasteiger partial charge in [0.15, 0.2) is 11.6 Å². The van der Waals surface area contributed by atoms with Gasteiger partial charge in [-0.2, -0.15) is 13.9 Å². The van der Waals surface area contributed by atoms with Gasteiger partial charge in [0.2, 0.25) is 0 Å². The third kappa shape index (κ3) is 3.37. The molecule has 3 saturated heterocycles. The molecular weight excluding hydrogens is 416 g/mol. The number of morpholine rings is 1. The van der Waals surface area contributed by atoms with Gasteiger partial charge >= 0.3 is 6.61 Å². The fraction of sp³-hybridized carbons (Fsp3) is 0.652. The molecule has 5 heterocycles. The van der Waals surface area contributed by atoms with E-state index in [1.165, 1.54) is 31.0 Å². The van der Waals surface area contributed by atoms with Crippen LogP contribution in [0.4, 0.5) is 14.6 Å². The Morgan fingerprint density at radius 1 is 1.12 bits per heavy atom. The molecular formula is C23H29F2N5O2. The van der Waals surface area contributed by atoms with E-state index in [4.69, 9.17) is 15.6 Å². The standard InChI is InChI=1S/C23H29F2N5O2/c1-11(2)30-19(7-18(28-30)12-3-20(32-23(24)25)22(26)27-8-12)21-16-4-13(5-17(16)21)29-9-14-6-15(10-29)31-14/h3,7-8,11,13-17,21,23H,4-6,9-10H2,1-2H3,(H2,26,27)/t13-,14?,15?,16-,17+,21+. The van der Waals surface area contributed by atoms with Gasteiger partial charge in [-0.05, 0) is 50.7 Å². The van der Waals surface area contributed by atoms with Crippen LogP contribution in [0.25, 0.3) is 11.3 Å². The van der Waals surface area contributed by atoms with Gasteiger partial charge in [-0.15, -0.1) is 0 Å². The molecule has 0 aromatic carbocycles. The van der Waals surface area contributed by atoms with E-state index in [0.717, 1.165) is 18.8 Å². The lowest BCUT2D eigenvalue weighted by Gasteiger charge is -2.49. The lowest BCUT2D eigenvalue weighted by atomic mass is 9.94. The number of halogens is 2. The Morgan fingerprint density at radius 3 is 2.44 bits per heavy atom. The Labute approximate surface area is 185 Å². The van der Waals surface area contributed by atoms with Gasteiger partial charge in [0.25, 0.3) is 0 Å². The van der Waals surface area contributed by atoms with Crippen molar-refractivity contribution in [1.29, 1.82) is 0 Å². The van der Waals surface area contributed by atoms with Gasteiger partial charge in [0.05, 0.1) is 17.9 Å². The molecule has 5 fully saturated rings. The number of rotatable bonds is 6. The number of anilines is 1. The third-order valence-corrected chi connectivity index (χ3v) is 7.71. The van der Waals surface area contributed by atoms with Crippen LogP contribution in [0.15, 0.2) is 18.3 Å². The number of piperidine rings is 1. The average molecular weight is 446 g/mol. The Balaban J connectivity index is 1.21. The van der Waals surface area contributed by atoms with Crippen LogP contribution in [0, 0.1) is 11.8 Å². The first-order chi connectivity index (χ1) is 15.4. The summed E-state index contributed by atoms with van der Waals surface area (Å²) in [6.07, 6.45) is 6.20. The number of aromatic nitrogens is 3. The van der Waals surface area contributed by atoms with Gasteiger partial charge in [-0.25, -0.2) is 4.98 Å². The fourth-order valence-electron chi connectivity index (χ4n) is 6.23. The highest BCUT2D eigenvalue weighted by molar-refractivity contribution is 5.64. The first kappa shape index (κ1) is 20.4. The smallest absolute Gasteiger partial charge is 0.387 e. The zero-order chi connectivity index (χ0) is 22.1. The zero-order valence-corrected chi connectivity index (χ0v) is 18.3. The second-order valence-electron chi connectivity index (χ2n) is 10.0. The number of hydrogen-bond acceptors (Lipinski definition) is 6. The minimum atomic E-state index is -2.95. The molecule has 7 rings (SSSR count). The summed E-state index contributed by atoms with van der Waals surface area (Å²) in [5.74, 6) is 1.74. The van der Waals surface area contributed by atoms with Crippen LogP contribution < -0.4 is 10.5 Å². The molecule has 172 valence electrons. The number of alkyl halides is 2. The van der Waals surface area contributed by atoms with Crippen LogP contribution >= 0.6 is 0 Å². The van der Waals surface area contributed by atoms with Crippen molar-refractivity contribution in [2.75, 3.05) is 18.8 Å². The minimum absolute atomic E-state index is 0.0546. The quantitative estimate of drug-likeness (QED) is 0.731. The molecule has 2 saturated carbocycles. The van der Waals surface area contributed by atoms with Crippen LogP contribution in [0.5, 0.6) is 5.75 Å². The predicted molar refractivity (Wildman–Crippen MR) is 114 cm³/mol. The van der Waals surface area contributed by atoms with Crippen molar-refractivity contribution in [1.82, 2.24) is 19.7 Å². The summed E-state index contributed by atoms with van der Waals surface area (Å²) in [5.41, 5.74) is 8.28. The number of pyridine rings is 1. The molecule has 0 radical (unpaired) electrons. The zero-order valence-electron chi connectivity index (χ0n) is 18.3. The molecule has 2 N–H and O–H groups in total. The monoisotopic (exact) mass is 445 g/mol. The van der Waals surface area contributed by atoms with Crippen LogP contribution in [0.1, 0.15) is 50.8 Å². The molecule has 2 bridgehead atoms. The van der Waals surface area contributed by atoms with Gasteiger partial charge in [-0.3, -0.25) is 9.58 Å². The molecule has 9 heteroatoms. The molecule has 5 aliphatic rings. The normalized spacial score (nSPS) is 33.4. The lowest BCUT2D eigenvalue weighted by Crippen LogP contribution is -2.59. The summed E-state index contributed by atoms with van der Waals surface area (Å²) in [6, 6.07) is 4.49. The average Bonchev–Trinajstić information content (AvgIpc) is 3.08. The molecule has 3 aliphatic heterocycles. The van der Waals surface area contributed by atoms with Crippen molar-refractivity contribution in [2.45, 2.75) is 69.9 Å². The van der Waals surface area contributed by atoms with Crippen LogP contribution in [0.2, 0.25) is 0 Å². The van der Waals surface area contributed by atoms with Crippen molar-refractivity contribution < 1.29 is 18.3 Å². The Hall–Kier alpha value is -2.26. The van der Waals surface area contributed by atoms with E-state index in [0.29, 0.717) is 41.6 Å². The topological polar surface area (TPSA) is 78.4 Å². The van der Waals surface area contributed by atoms with Crippen molar-refractivity contribution >= 4 is 5.82 Å². The summed E-state index contributed by atoms with van der Waals surface area (Å²) in [6.45, 7) is 3.47. The lowest BCUT2D eigenvalue weighted by molar-refractivity contribution is -0.188. The summed E-state index contributed by atoms with van der Waals surface area (Å²) in [5, 5.41) is 4.81. The Morgan fingerprint density at radius 2 is 1.81 bits per heavy atom. The fourth-order valence-corrected chi connectivity index (χ4v) is 6.23. The van der Waals surface area contributed by atoms with E-state index in [1.54, 1.807) is 6.20 Å². The number of nitrogen functional groups attached to an aromatic ring is 1. The van der Waals surface area contributed by atoms with Gasteiger partial charge in [0, 0.05) is 55.0 Å². The summed E-state index contributed by atoms with van der Waals surface area (Å²) in [7, 11) is 0. The number of nitrogens with two attached hydrogens (primary N) is 1. The maximum atomic E-state index is 12.7. The van der Waals surface area contributed by atoms with Crippen LogP contribution in [0.3, 0.4) is 0 Å². The van der Waals surface area contributed by atoms with E-state index in [2.05, 4.69) is 39.2 Å². The molecule has 2 aromatic rings. The van der Waals surface area contributed by atoms with E-state index >= 15 is 0 Å². The molecule has 0 amide bonds. The second-order valence-corrected chi connectivity index (χ2v) is 10.0. The summed E-state index contributed by atoms with van der Waals surface area (Å²) in [4.78, 5) is 6.69. The molecule has 2 aromatic heterocycles. The van der Waals surface area contributed by atoms with Gasteiger partial charge in [-0.1, -0.05) is 0 Å². The second kappa shape index (κ2) is 7.38. The summed E-state index contributed by atoms with van der Waals surface area (Å²) < 4.78 is 37.8. The molecule has 2 unspecified atom stereocenters. The van der Waals surface area contributed by atoms with Crippen molar-refractivity contribution in [2.24, 2.45) is 11.8 Å². The Kier molecular flexibility index (Phi) is 4.69. The van der Waals surface area contributed by atoms with Crippen LogP contribution in [-0.4, -0.2) is 57.6 Å². The summed E-state index contributed by atoms with van der Waals surface area (Å²) >= 11 is 0. The third-order valence-electron chi connectivity index (χ3n) is 7.71. The molecule has 32 heavy (non-hydrogen) atoms. The highest BCUT2D eigenvalue weighted by Gasteiger charge is 2.59. The first-order valence-electron chi connectivity index (χ1n) is 11.6. The number of fused-ring (bicyclic) bond motifs is 3. The molecule has 2 aliphatic carbocycles. The highest BCUT2D eigenvalue weighted by Crippen LogP contribution is 2.64. The largest absolute Gasteiger partial charge is 0.431 e.